The van der Waals surface area contributed by atoms with Gasteiger partial charge in [0.2, 0.25) is 5.91 Å². The van der Waals surface area contributed by atoms with E-state index in [1.54, 1.807) is 6.08 Å². The van der Waals surface area contributed by atoms with E-state index in [9.17, 15) is 14.4 Å². The van der Waals surface area contributed by atoms with Gasteiger partial charge in [0.05, 0.1) is 0 Å². The summed E-state index contributed by atoms with van der Waals surface area (Å²) < 4.78 is 5.54. The Morgan fingerprint density at radius 2 is 1.67 bits per heavy atom. The summed E-state index contributed by atoms with van der Waals surface area (Å²) in [5.41, 5.74) is 5.05. The highest BCUT2D eigenvalue weighted by atomic mass is 16.5. The lowest BCUT2D eigenvalue weighted by Gasteiger charge is -2.15. The Labute approximate surface area is 191 Å². The van der Waals surface area contributed by atoms with Gasteiger partial charge in [-0.3, -0.25) is 4.79 Å². The van der Waals surface area contributed by atoms with Gasteiger partial charge in [0.15, 0.2) is 0 Å². The van der Waals surface area contributed by atoms with Gasteiger partial charge in [-0.25, -0.2) is 9.59 Å². The molecule has 0 radical (unpaired) electrons. The number of benzene rings is 2. The molecule has 2 aromatic rings. The van der Waals surface area contributed by atoms with E-state index in [4.69, 9.17) is 9.84 Å². The second-order valence-corrected chi connectivity index (χ2v) is 8.99. The summed E-state index contributed by atoms with van der Waals surface area (Å²) in [5.74, 6) is -1.05. The molecule has 0 saturated heterocycles. The predicted molar refractivity (Wildman–Crippen MR) is 122 cm³/mol. The molecule has 170 valence electrons. The molecule has 3 atom stereocenters. The zero-order valence-corrected chi connectivity index (χ0v) is 18.1. The first kappa shape index (κ1) is 21.2. The van der Waals surface area contributed by atoms with E-state index in [0.717, 1.165) is 11.1 Å². The summed E-state index contributed by atoms with van der Waals surface area (Å²) in [6, 6.07) is 16.2. The average Bonchev–Trinajstić information content (AvgIpc) is 3.33. The van der Waals surface area contributed by atoms with Gasteiger partial charge in [0.1, 0.15) is 6.61 Å². The number of fused-ring (bicyclic) bond motifs is 3. The molecule has 1 fully saturated rings. The molecule has 0 heterocycles. The van der Waals surface area contributed by atoms with E-state index in [1.165, 1.54) is 11.1 Å². The summed E-state index contributed by atoms with van der Waals surface area (Å²) in [6.07, 6.45) is 2.80. The van der Waals surface area contributed by atoms with E-state index in [-0.39, 0.29) is 36.3 Å². The quantitative estimate of drug-likeness (QED) is 0.604. The van der Waals surface area contributed by atoms with Crippen LogP contribution in [0.15, 0.2) is 60.2 Å². The van der Waals surface area contributed by atoms with Crippen molar-refractivity contribution in [3.8, 4) is 11.1 Å². The first-order valence-corrected chi connectivity index (χ1v) is 11.3. The maximum Gasteiger partial charge on any atom is 0.407 e. The highest BCUT2D eigenvalue weighted by molar-refractivity contribution is 5.88. The van der Waals surface area contributed by atoms with E-state index < -0.39 is 12.1 Å². The fourth-order valence-electron chi connectivity index (χ4n) is 4.97. The molecule has 2 amide bonds. The Balaban J connectivity index is 1.07. The minimum Gasteiger partial charge on any atom is -0.478 e. The number of carbonyl (C=O) groups excluding carboxylic acids is 2. The van der Waals surface area contributed by atoms with Crippen molar-refractivity contribution in [2.45, 2.75) is 31.2 Å². The molecular weight excluding hydrogens is 420 g/mol. The Morgan fingerprint density at radius 3 is 2.30 bits per heavy atom. The van der Waals surface area contributed by atoms with Crippen LogP contribution in [0.3, 0.4) is 0 Å². The summed E-state index contributed by atoms with van der Waals surface area (Å²) in [6.45, 7) is 0.646. The maximum absolute atomic E-state index is 12.4. The van der Waals surface area contributed by atoms with Crippen LogP contribution in [0.4, 0.5) is 4.79 Å². The van der Waals surface area contributed by atoms with Gasteiger partial charge in [-0.2, -0.15) is 0 Å². The Morgan fingerprint density at radius 1 is 1.00 bits per heavy atom. The van der Waals surface area contributed by atoms with Gasteiger partial charge in [-0.05, 0) is 47.4 Å². The molecule has 0 bridgehead atoms. The van der Waals surface area contributed by atoms with Crippen LogP contribution in [0, 0.1) is 11.8 Å². The third-order valence-corrected chi connectivity index (χ3v) is 6.85. The molecule has 3 N–H and O–H groups in total. The van der Waals surface area contributed by atoms with Crippen LogP contribution in [0.2, 0.25) is 0 Å². The molecular formula is C26H26N2O5. The topological polar surface area (TPSA) is 105 Å². The molecule has 3 aliphatic carbocycles. The molecule has 2 aromatic carbocycles. The normalized spacial score (nSPS) is 22.7. The van der Waals surface area contributed by atoms with Crippen LogP contribution in [0.25, 0.3) is 11.1 Å². The number of carboxylic acid groups (broad SMARTS) is 1. The summed E-state index contributed by atoms with van der Waals surface area (Å²) in [5, 5.41) is 14.7. The number of hydrogen-bond acceptors (Lipinski definition) is 4. The van der Waals surface area contributed by atoms with Crippen LogP contribution in [-0.4, -0.2) is 42.3 Å². The second-order valence-electron chi connectivity index (χ2n) is 8.99. The highest BCUT2D eigenvalue weighted by Crippen LogP contribution is 2.44. The Bertz CT molecular complexity index is 1100. The number of carbonyl (C=O) groups is 3. The summed E-state index contributed by atoms with van der Waals surface area (Å²) in [4.78, 5) is 35.7. The number of ether oxygens (including phenoxy) is 1. The number of carboxylic acids is 1. The van der Waals surface area contributed by atoms with Crippen molar-refractivity contribution >= 4 is 18.0 Å². The summed E-state index contributed by atoms with van der Waals surface area (Å²) in [7, 11) is 0. The SMILES string of the molecule is O=C(NC[C@@H]1C[C@@H]1C(=O)NC1CC=C(C(=O)O)C1)OCC1c2ccccc2-c2ccccc21. The molecule has 1 saturated carbocycles. The van der Waals surface area contributed by atoms with Crippen molar-refractivity contribution < 1.29 is 24.2 Å². The molecule has 1 unspecified atom stereocenters. The minimum atomic E-state index is -0.927. The lowest BCUT2D eigenvalue weighted by molar-refractivity contribution is -0.133. The molecule has 0 aliphatic heterocycles. The number of aliphatic carboxylic acids is 1. The van der Waals surface area contributed by atoms with Gasteiger partial charge in [-0.15, -0.1) is 0 Å². The van der Waals surface area contributed by atoms with Crippen molar-refractivity contribution in [1.82, 2.24) is 10.6 Å². The molecule has 0 aromatic heterocycles. The Kier molecular flexibility index (Phi) is 5.62. The zero-order chi connectivity index (χ0) is 22.9. The number of rotatable bonds is 7. The first-order valence-electron chi connectivity index (χ1n) is 11.3. The van der Waals surface area contributed by atoms with Gasteiger partial charge in [0, 0.05) is 30.0 Å². The molecule has 0 spiro atoms. The Hall–Kier alpha value is -3.61. The molecule has 5 rings (SSSR count). The van der Waals surface area contributed by atoms with E-state index in [2.05, 4.69) is 34.9 Å². The van der Waals surface area contributed by atoms with Gasteiger partial charge in [-0.1, -0.05) is 54.6 Å². The maximum atomic E-state index is 12.4. The van der Waals surface area contributed by atoms with E-state index in [0.29, 0.717) is 31.4 Å². The monoisotopic (exact) mass is 446 g/mol. The van der Waals surface area contributed by atoms with Gasteiger partial charge >= 0.3 is 12.1 Å². The first-order chi connectivity index (χ1) is 16.0. The van der Waals surface area contributed by atoms with Crippen LogP contribution in [0.5, 0.6) is 0 Å². The fourth-order valence-corrected chi connectivity index (χ4v) is 4.97. The van der Waals surface area contributed by atoms with Crippen molar-refractivity contribution in [3.63, 3.8) is 0 Å². The molecule has 3 aliphatic rings. The molecule has 7 nitrogen and oxygen atoms in total. The van der Waals surface area contributed by atoms with E-state index in [1.807, 2.05) is 24.3 Å². The van der Waals surface area contributed by atoms with Gasteiger partial charge in [0.25, 0.3) is 0 Å². The van der Waals surface area contributed by atoms with Crippen LogP contribution in [-0.2, 0) is 14.3 Å². The number of hydrogen-bond donors (Lipinski definition) is 3. The minimum absolute atomic E-state index is 0.0123. The fraction of sp³-hybridized carbons (Fsp3) is 0.346. The number of alkyl carbamates (subject to hydrolysis) is 1. The van der Waals surface area contributed by atoms with Crippen LogP contribution in [0.1, 0.15) is 36.3 Å². The predicted octanol–water partition coefficient (Wildman–Crippen LogP) is 3.45. The second kappa shape index (κ2) is 8.73. The third-order valence-electron chi connectivity index (χ3n) is 6.85. The smallest absolute Gasteiger partial charge is 0.407 e. The summed E-state index contributed by atoms with van der Waals surface area (Å²) >= 11 is 0. The standard InChI is InChI=1S/C26H26N2O5/c29-24(28-17-10-9-15(11-17)25(30)31)22-12-16(22)13-27-26(32)33-14-23-20-7-3-1-5-18(20)19-6-2-4-8-21(19)23/h1-9,16-17,22-23H,10-14H2,(H,27,32)(H,28,29)(H,30,31)/t16-,17?,22-/m0/s1. The lowest BCUT2D eigenvalue weighted by atomic mass is 9.98. The molecule has 33 heavy (non-hydrogen) atoms. The largest absolute Gasteiger partial charge is 0.478 e. The molecule has 7 heteroatoms. The van der Waals surface area contributed by atoms with Crippen molar-refractivity contribution in [3.05, 3.63) is 71.3 Å². The van der Waals surface area contributed by atoms with Crippen molar-refractivity contribution in [1.29, 1.82) is 0 Å². The highest BCUT2D eigenvalue weighted by Gasteiger charge is 2.43. The zero-order valence-electron chi connectivity index (χ0n) is 18.1. The van der Waals surface area contributed by atoms with Crippen molar-refractivity contribution in [2.24, 2.45) is 11.8 Å². The average molecular weight is 447 g/mol. The van der Waals surface area contributed by atoms with Crippen LogP contribution >= 0.6 is 0 Å². The third kappa shape index (κ3) is 4.35. The lowest BCUT2D eigenvalue weighted by Crippen LogP contribution is -2.35. The van der Waals surface area contributed by atoms with Crippen LogP contribution < -0.4 is 10.6 Å². The van der Waals surface area contributed by atoms with Crippen molar-refractivity contribution in [2.75, 3.05) is 13.2 Å². The number of nitrogens with one attached hydrogen (secondary N) is 2. The number of amides is 2. The van der Waals surface area contributed by atoms with Gasteiger partial charge < -0.3 is 20.5 Å². The van der Waals surface area contributed by atoms with E-state index >= 15 is 0 Å².